The number of benzene rings is 4. The number of rotatable bonds is 5. The summed E-state index contributed by atoms with van der Waals surface area (Å²) in [6, 6.07) is 45.3. The Labute approximate surface area is 221 Å². The molecule has 0 saturated carbocycles. The lowest BCUT2D eigenvalue weighted by molar-refractivity contribution is 1.24. The molecule has 0 fully saturated rings. The van der Waals surface area contributed by atoms with Crippen molar-refractivity contribution in [2.24, 2.45) is 0 Å². The Morgan fingerprint density at radius 2 is 0.917 bits per heavy atom. The van der Waals surface area contributed by atoms with Gasteiger partial charge in [-0.25, -0.2) is 0 Å². The number of hydrogen-bond acceptors (Lipinski definition) is 0. The minimum Gasteiger partial charge on any atom is -0.0680 e. The second-order valence-electron chi connectivity index (χ2n) is 8.68. The zero-order valence-corrected chi connectivity index (χ0v) is 23.5. The molecular weight excluding hydrogens is 448 g/mol. The molecule has 4 rings (SSSR count). The average Bonchev–Trinajstić information content (AvgIpc) is 2.96. The zero-order chi connectivity index (χ0) is 25.8. The fraction of sp³-hybridized carbons (Fsp3) is 0.200. The largest absolute Gasteiger partial charge is 0.0680 e. The standard InChI is InChI=1S/C15H14.C14H10.C6H16Si/c1-13(15-10-6-3-7-11-15)12-14-8-4-2-5-9-14;1-3-7-13(8-4-1)11-12-14-9-5-2-6-10-14;1-4-7(5-2)6-3/h2-12H,1H3;1-10H;7H,4-6H2,1-3H3/b13-12+;;. The smallest absolute Gasteiger partial charge is 0.0359 e. The topological polar surface area (TPSA) is 0 Å². The van der Waals surface area contributed by atoms with Gasteiger partial charge >= 0.3 is 0 Å². The maximum absolute atomic E-state index is 3.11. The molecule has 0 atom stereocenters. The van der Waals surface area contributed by atoms with Crippen molar-refractivity contribution in [2.45, 2.75) is 45.8 Å². The summed E-state index contributed by atoms with van der Waals surface area (Å²) >= 11 is 0. The Bertz CT molecular complexity index is 1120. The van der Waals surface area contributed by atoms with Crippen molar-refractivity contribution < 1.29 is 0 Å². The molecule has 36 heavy (non-hydrogen) atoms. The van der Waals surface area contributed by atoms with E-state index in [2.05, 4.69) is 94.1 Å². The molecule has 0 N–H and O–H groups in total. The number of allylic oxidation sites excluding steroid dienone is 1. The summed E-state index contributed by atoms with van der Waals surface area (Å²) in [5, 5.41) is 0. The fourth-order valence-corrected chi connectivity index (χ4v) is 5.37. The van der Waals surface area contributed by atoms with Crippen LogP contribution in [0.5, 0.6) is 0 Å². The Morgan fingerprint density at radius 3 is 1.28 bits per heavy atom. The highest BCUT2D eigenvalue weighted by Gasteiger charge is 1.98. The quantitative estimate of drug-likeness (QED) is 0.149. The van der Waals surface area contributed by atoms with Gasteiger partial charge in [0, 0.05) is 19.9 Å². The molecule has 4 aromatic rings. The first-order valence-corrected chi connectivity index (χ1v) is 15.5. The van der Waals surface area contributed by atoms with Crippen LogP contribution in [0.3, 0.4) is 0 Å². The molecule has 0 bridgehead atoms. The van der Waals surface area contributed by atoms with Crippen molar-refractivity contribution in [3.05, 3.63) is 144 Å². The van der Waals surface area contributed by atoms with E-state index < -0.39 is 0 Å². The van der Waals surface area contributed by atoms with Crippen LogP contribution < -0.4 is 0 Å². The van der Waals surface area contributed by atoms with Crippen molar-refractivity contribution in [1.82, 2.24) is 0 Å². The van der Waals surface area contributed by atoms with Gasteiger partial charge in [-0.1, -0.05) is 154 Å². The van der Waals surface area contributed by atoms with Crippen molar-refractivity contribution in [1.29, 1.82) is 0 Å². The van der Waals surface area contributed by atoms with Crippen LogP contribution in [0.2, 0.25) is 18.1 Å². The predicted molar refractivity (Wildman–Crippen MR) is 164 cm³/mol. The van der Waals surface area contributed by atoms with E-state index in [0.29, 0.717) is 0 Å². The summed E-state index contributed by atoms with van der Waals surface area (Å²) < 4.78 is 0. The molecule has 0 aliphatic carbocycles. The van der Waals surface area contributed by atoms with Gasteiger partial charge in [-0.15, -0.1) is 0 Å². The molecule has 184 valence electrons. The van der Waals surface area contributed by atoms with Crippen molar-refractivity contribution in [3.63, 3.8) is 0 Å². The second kappa shape index (κ2) is 17.8. The van der Waals surface area contributed by atoms with Crippen molar-refractivity contribution in [2.75, 3.05) is 0 Å². The lowest BCUT2D eigenvalue weighted by Crippen LogP contribution is -2.04. The zero-order valence-electron chi connectivity index (χ0n) is 22.3. The fourth-order valence-electron chi connectivity index (χ4n) is 3.64. The van der Waals surface area contributed by atoms with E-state index in [0.717, 1.165) is 11.1 Å². The van der Waals surface area contributed by atoms with E-state index in [9.17, 15) is 0 Å². The second-order valence-corrected chi connectivity index (χ2v) is 12.9. The molecule has 0 spiro atoms. The molecule has 0 amide bonds. The van der Waals surface area contributed by atoms with Crippen LogP contribution in [0.25, 0.3) is 11.6 Å². The Hall–Kier alpha value is -3.60. The van der Waals surface area contributed by atoms with E-state index in [4.69, 9.17) is 0 Å². The van der Waals surface area contributed by atoms with Crippen LogP contribution in [-0.4, -0.2) is 8.80 Å². The minimum atomic E-state index is -0.171. The van der Waals surface area contributed by atoms with Gasteiger partial charge in [0.15, 0.2) is 0 Å². The molecule has 0 unspecified atom stereocenters. The molecule has 0 radical (unpaired) electrons. The van der Waals surface area contributed by atoms with Crippen molar-refractivity contribution >= 4 is 20.4 Å². The van der Waals surface area contributed by atoms with E-state index in [1.54, 1.807) is 0 Å². The third kappa shape index (κ3) is 11.7. The van der Waals surface area contributed by atoms with Gasteiger partial charge in [0.1, 0.15) is 0 Å². The van der Waals surface area contributed by atoms with Gasteiger partial charge in [0.05, 0.1) is 0 Å². The summed E-state index contributed by atoms with van der Waals surface area (Å²) in [5.41, 5.74) is 5.93. The first kappa shape index (κ1) is 28.6. The average molecular weight is 489 g/mol. The summed E-state index contributed by atoms with van der Waals surface area (Å²) in [5.74, 6) is 6.22. The van der Waals surface area contributed by atoms with E-state index >= 15 is 0 Å². The molecular formula is C35H40Si. The summed E-state index contributed by atoms with van der Waals surface area (Å²) in [7, 11) is -0.171. The van der Waals surface area contributed by atoms with Gasteiger partial charge in [-0.2, -0.15) is 0 Å². The third-order valence-electron chi connectivity index (χ3n) is 6.04. The molecule has 0 aromatic heterocycles. The Morgan fingerprint density at radius 1 is 0.556 bits per heavy atom. The van der Waals surface area contributed by atoms with Gasteiger partial charge in [0.2, 0.25) is 0 Å². The lowest BCUT2D eigenvalue weighted by Gasteiger charge is -2.03. The highest BCUT2D eigenvalue weighted by molar-refractivity contribution is 6.58. The first-order chi connectivity index (χ1) is 17.7. The normalized spacial score (nSPS) is 10.2. The molecule has 0 aliphatic heterocycles. The molecule has 1 heteroatoms. The van der Waals surface area contributed by atoms with Gasteiger partial charge in [-0.3, -0.25) is 0 Å². The molecule has 4 aromatic carbocycles. The third-order valence-corrected chi connectivity index (χ3v) is 9.51. The monoisotopic (exact) mass is 488 g/mol. The van der Waals surface area contributed by atoms with Crippen LogP contribution in [0.15, 0.2) is 121 Å². The summed E-state index contributed by atoms with van der Waals surface area (Å²) in [6.07, 6.45) is 2.20. The van der Waals surface area contributed by atoms with Crippen LogP contribution >= 0.6 is 0 Å². The van der Waals surface area contributed by atoms with Crippen LogP contribution in [0.4, 0.5) is 0 Å². The maximum Gasteiger partial charge on any atom is 0.0359 e. The van der Waals surface area contributed by atoms with E-state index in [1.807, 2.05) is 72.8 Å². The van der Waals surface area contributed by atoms with Crippen molar-refractivity contribution in [3.8, 4) is 11.8 Å². The van der Waals surface area contributed by atoms with Crippen LogP contribution in [0.1, 0.15) is 49.9 Å². The van der Waals surface area contributed by atoms with Gasteiger partial charge in [0.25, 0.3) is 0 Å². The van der Waals surface area contributed by atoms with Crippen LogP contribution in [0, 0.1) is 11.8 Å². The lowest BCUT2D eigenvalue weighted by atomic mass is 10.0. The van der Waals surface area contributed by atoms with E-state index in [1.165, 1.54) is 34.8 Å². The number of hydrogen-bond donors (Lipinski definition) is 0. The molecule has 0 aliphatic rings. The highest BCUT2D eigenvalue weighted by atomic mass is 28.3. The van der Waals surface area contributed by atoms with Crippen LogP contribution in [-0.2, 0) is 0 Å². The molecule has 0 nitrogen and oxygen atoms in total. The Balaban J connectivity index is 0.000000204. The maximum atomic E-state index is 3.11. The predicted octanol–water partition coefficient (Wildman–Crippen LogP) is 9.61. The molecule has 0 saturated heterocycles. The highest BCUT2D eigenvalue weighted by Crippen LogP contribution is 2.16. The summed E-state index contributed by atoms with van der Waals surface area (Å²) in [4.78, 5) is 0. The van der Waals surface area contributed by atoms with Gasteiger partial charge in [-0.05, 0) is 47.9 Å². The first-order valence-electron chi connectivity index (χ1n) is 13.1. The van der Waals surface area contributed by atoms with Gasteiger partial charge < -0.3 is 0 Å². The minimum absolute atomic E-state index is 0.171. The molecule has 0 heterocycles. The van der Waals surface area contributed by atoms with E-state index in [-0.39, 0.29) is 8.80 Å². The summed E-state index contributed by atoms with van der Waals surface area (Å²) in [6.45, 7) is 9.11. The Kier molecular flexibility index (Phi) is 14.1. The SMILES string of the molecule is C(#Cc1ccccc1)c1ccccc1.C/C(=C\c1ccccc1)c1ccccc1.CC[SiH](CC)CC.